The Morgan fingerprint density at radius 3 is 2.56 bits per heavy atom. The lowest BCUT2D eigenvalue weighted by atomic mass is 9.80. The van der Waals surface area contributed by atoms with Gasteiger partial charge in [-0.15, -0.1) is 0 Å². The minimum Gasteiger partial charge on any atom is -0.374 e. The van der Waals surface area contributed by atoms with Gasteiger partial charge in [0.05, 0.1) is 24.6 Å². The quantitative estimate of drug-likeness (QED) is 0.425. The molecule has 0 bridgehead atoms. The zero-order chi connectivity index (χ0) is 31.3. The van der Waals surface area contributed by atoms with Crippen LogP contribution in [0.15, 0.2) is 37.1 Å². The second kappa shape index (κ2) is 12.1. The predicted molar refractivity (Wildman–Crippen MR) is 169 cm³/mol. The number of fused-ring (bicyclic) bond motifs is 3. The molecule has 9 nitrogen and oxygen atoms in total. The van der Waals surface area contributed by atoms with Crippen LogP contribution in [-0.4, -0.2) is 104 Å². The van der Waals surface area contributed by atoms with Crippen LogP contribution in [0.4, 0.5) is 20.3 Å². The largest absolute Gasteiger partial charge is 0.374 e. The lowest BCUT2D eigenvalue weighted by Crippen LogP contribution is -2.69. The van der Waals surface area contributed by atoms with E-state index in [4.69, 9.17) is 14.5 Å². The predicted octanol–water partition coefficient (Wildman–Crippen LogP) is 4.28. The van der Waals surface area contributed by atoms with E-state index in [1.165, 1.54) is 17.2 Å². The summed E-state index contributed by atoms with van der Waals surface area (Å²) in [7, 11) is 1.72. The number of aryl methyl sites for hydroxylation is 1. The van der Waals surface area contributed by atoms with Crippen LogP contribution in [0.25, 0.3) is 6.08 Å². The lowest BCUT2D eigenvalue weighted by Gasteiger charge is -2.55. The Hall–Kier alpha value is -3.41. The number of pyridine rings is 2. The van der Waals surface area contributed by atoms with Crippen molar-refractivity contribution < 1.29 is 23.0 Å². The molecule has 4 saturated heterocycles. The van der Waals surface area contributed by atoms with E-state index in [9.17, 15) is 13.6 Å². The smallest absolute Gasteiger partial charge is 0.281 e. The maximum absolute atomic E-state index is 14.5. The minimum absolute atomic E-state index is 0.0253. The average Bonchev–Trinajstić information content (AvgIpc) is 3.16. The Balaban J connectivity index is 1.10. The highest BCUT2D eigenvalue weighted by Gasteiger charge is 2.46. The number of anilines is 2. The van der Waals surface area contributed by atoms with Crippen LogP contribution < -0.4 is 9.80 Å². The van der Waals surface area contributed by atoms with Crippen molar-refractivity contribution in [3.05, 3.63) is 65.1 Å². The number of alkyl halides is 2. The molecule has 1 amide bonds. The average molecular weight is 621 g/mol. The van der Waals surface area contributed by atoms with E-state index in [0.717, 1.165) is 63.4 Å². The zero-order valence-electron chi connectivity index (χ0n) is 26.1. The third kappa shape index (κ3) is 5.22. The fraction of sp³-hybridized carbons (Fsp3) is 0.559. The fourth-order valence-corrected chi connectivity index (χ4v) is 7.94. The first-order chi connectivity index (χ1) is 21.8. The number of piperazine rings is 1. The molecule has 5 aliphatic heterocycles. The first-order valence-electron chi connectivity index (χ1n) is 16.1. The van der Waals surface area contributed by atoms with Crippen LogP contribution in [0, 0.1) is 6.92 Å². The monoisotopic (exact) mass is 620 g/mol. The molecule has 2 aromatic rings. The normalized spacial score (nSPS) is 24.9. The number of rotatable bonds is 7. The summed E-state index contributed by atoms with van der Waals surface area (Å²) in [4.78, 5) is 30.2. The molecule has 0 unspecified atom stereocenters. The van der Waals surface area contributed by atoms with Gasteiger partial charge < -0.3 is 24.2 Å². The minimum atomic E-state index is -2.67. The first-order valence-corrected chi connectivity index (χ1v) is 16.1. The lowest BCUT2D eigenvalue weighted by molar-refractivity contribution is -0.205. The summed E-state index contributed by atoms with van der Waals surface area (Å²) in [5.41, 5.74) is 4.15. The summed E-state index contributed by atoms with van der Waals surface area (Å²) in [6.07, 6.45) is 6.96. The van der Waals surface area contributed by atoms with Crippen LogP contribution in [0.2, 0.25) is 0 Å². The summed E-state index contributed by atoms with van der Waals surface area (Å²) >= 11 is 0. The number of amides is 1. The summed E-state index contributed by atoms with van der Waals surface area (Å²) < 4.78 is 40.5. The van der Waals surface area contributed by atoms with E-state index >= 15 is 0 Å². The van der Waals surface area contributed by atoms with Gasteiger partial charge in [-0.2, -0.15) is 0 Å². The molecule has 45 heavy (non-hydrogen) atoms. The van der Waals surface area contributed by atoms with Gasteiger partial charge in [0.2, 0.25) is 5.91 Å². The standard InChI is InChI=1S/C34H42F2N6O3/c1-4-29(43)41-16-14-39(15-17-41)27-19-42-25(27)7-5-6-24-26(42)18-28(38-31(24)33(35)36)40-12-9-23(10-13-40)30-22(2)8-11-37-32(30)34(44-3)20-45-21-34/h4-6,8,11,18,23,25,27,33H,1,7,9-10,12-17,19-21H2,2-3H3/t25-,27+/m0/s1. The Morgan fingerprint density at radius 1 is 1.16 bits per heavy atom. The molecule has 0 saturated carbocycles. The van der Waals surface area contributed by atoms with Crippen LogP contribution in [0.1, 0.15) is 59.7 Å². The van der Waals surface area contributed by atoms with Crippen molar-refractivity contribution in [1.82, 2.24) is 19.8 Å². The molecule has 240 valence electrons. The molecule has 2 aromatic heterocycles. The van der Waals surface area contributed by atoms with Gasteiger partial charge in [-0.1, -0.05) is 18.7 Å². The van der Waals surface area contributed by atoms with Crippen LogP contribution >= 0.6 is 0 Å². The van der Waals surface area contributed by atoms with E-state index in [1.54, 1.807) is 7.11 Å². The number of halogens is 2. The van der Waals surface area contributed by atoms with E-state index in [1.807, 2.05) is 29.3 Å². The second-order valence-electron chi connectivity index (χ2n) is 12.9. The maximum atomic E-state index is 14.5. The van der Waals surface area contributed by atoms with Gasteiger partial charge >= 0.3 is 0 Å². The van der Waals surface area contributed by atoms with Crippen molar-refractivity contribution in [2.24, 2.45) is 0 Å². The van der Waals surface area contributed by atoms with E-state index in [-0.39, 0.29) is 17.6 Å². The number of aromatic nitrogens is 2. The number of piperidine rings is 1. The van der Waals surface area contributed by atoms with Gasteiger partial charge in [0.1, 0.15) is 11.5 Å². The number of carbonyl (C=O) groups excluding carboxylic acids is 1. The van der Waals surface area contributed by atoms with Crippen LogP contribution in [0.5, 0.6) is 0 Å². The molecule has 0 aliphatic carbocycles. The van der Waals surface area contributed by atoms with Gasteiger partial charge in [0.25, 0.3) is 6.43 Å². The van der Waals surface area contributed by atoms with E-state index < -0.39 is 12.0 Å². The van der Waals surface area contributed by atoms with Gasteiger partial charge in [0, 0.05) is 82.8 Å². The zero-order valence-corrected chi connectivity index (χ0v) is 26.1. The van der Waals surface area contributed by atoms with Crippen molar-refractivity contribution in [2.45, 2.75) is 56.2 Å². The Kier molecular flexibility index (Phi) is 8.12. The molecule has 0 spiro atoms. The summed E-state index contributed by atoms with van der Waals surface area (Å²) in [5.74, 6) is 0.891. The van der Waals surface area contributed by atoms with Crippen molar-refractivity contribution in [1.29, 1.82) is 0 Å². The van der Waals surface area contributed by atoms with Crippen LogP contribution in [0.3, 0.4) is 0 Å². The molecule has 11 heteroatoms. The molecular formula is C34H42F2N6O3. The number of hydrogen-bond acceptors (Lipinski definition) is 8. The number of nitrogens with zero attached hydrogens (tertiary/aromatic N) is 6. The first kappa shape index (κ1) is 30.3. The highest BCUT2D eigenvalue weighted by Crippen LogP contribution is 2.44. The molecule has 0 N–H and O–H groups in total. The number of carbonyl (C=O) groups is 1. The number of hydrogen-bond donors (Lipinski definition) is 0. The highest BCUT2D eigenvalue weighted by atomic mass is 19.3. The Labute approximate surface area is 263 Å². The van der Waals surface area contributed by atoms with Crippen molar-refractivity contribution in [2.75, 3.05) is 75.9 Å². The Morgan fingerprint density at radius 2 is 1.91 bits per heavy atom. The van der Waals surface area contributed by atoms with Gasteiger partial charge in [-0.3, -0.25) is 14.7 Å². The molecular weight excluding hydrogens is 578 g/mol. The summed E-state index contributed by atoms with van der Waals surface area (Å²) in [6, 6.07) is 4.61. The van der Waals surface area contributed by atoms with Crippen molar-refractivity contribution in [3.63, 3.8) is 0 Å². The van der Waals surface area contributed by atoms with Gasteiger partial charge in [0.15, 0.2) is 5.60 Å². The molecule has 7 heterocycles. The summed E-state index contributed by atoms with van der Waals surface area (Å²) in [6.45, 7) is 11.9. The topological polar surface area (TPSA) is 74.3 Å². The molecule has 5 aliphatic rings. The van der Waals surface area contributed by atoms with Gasteiger partial charge in [-0.05, 0) is 55.4 Å². The number of ether oxygens (including phenoxy) is 2. The Bertz CT molecular complexity index is 1480. The maximum Gasteiger partial charge on any atom is 0.281 e. The second-order valence-corrected chi connectivity index (χ2v) is 12.9. The van der Waals surface area contributed by atoms with E-state index in [2.05, 4.69) is 39.3 Å². The van der Waals surface area contributed by atoms with Crippen molar-refractivity contribution in [3.8, 4) is 0 Å². The third-order valence-corrected chi connectivity index (χ3v) is 10.7. The third-order valence-electron chi connectivity index (χ3n) is 10.7. The molecule has 0 radical (unpaired) electrons. The van der Waals surface area contributed by atoms with Gasteiger partial charge in [-0.25, -0.2) is 13.8 Å². The molecule has 0 aromatic carbocycles. The van der Waals surface area contributed by atoms with Crippen molar-refractivity contribution >= 4 is 23.5 Å². The fourth-order valence-electron chi connectivity index (χ4n) is 7.94. The molecule has 4 fully saturated rings. The number of methoxy groups -OCH3 is 1. The highest BCUT2D eigenvalue weighted by molar-refractivity contribution is 5.87. The molecule has 7 rings (SSSR count). The van der Waals surface area contributed by atoms with E-state index in [0.29, 0.717) is 49.6 Å². The summed E-state index contributed by atoms with van der Waals surface area (Å²) in [5, 5.41) is 0. The molecule has 2 atom stereocenters. The SMILES string of the molecule is C=CC(=O)N1CCN([C@@H]2CN3c4cc(N5CCC(c6c(C)ccnc6C6(OC)COC6)CC5)nc(C(F)F)c4C=CC[C@@H]23)CC1. The van der Waals surface area contributed by atoms with Crippen LogP contribution in [-0.2, 0) is 19.9 Å².